The quantitative estimate of drug-likeness (QED) is 0.211. The van der Waals surface area contributed by atoms with Gasteiger partial charge in [0, 0.05) is 29.3 Å². The number of benzene rings is 2. The molecule has 0 aliphatic heterocycles. The number of aryl methyl sites for hydroxylation is 1. The van der Waals surface area contributed by atoms with E-state index in [2.05, 4.69) is 0 Å². The fourth-order valence-corrected chi connectivity index (χ4v) is 2.62. The Morgan fingerprint density at radius 3 is 2.63 bits per heavy atom. The summed E-state index contributed by atoms with van der Waals surface area (Å²) in [6.07, 6.45) is 1.37. The number of allylic oxidation sites excluding steroid dienone is 1. The number of Topliss-reactive ketones (excluding diaryl/α,β-unsaturated/α-hetero) is 1. The van der Waals surface area contributed by atoms with Crippen LogP contribution in [0.5, 0.6) is 0 Å². The minimum absolute atomic E-state index is 0.0477. The molecule has 0 bridgehead atoms. The Hall–Kier alpha value is -3.98. The van der Waals surface area contributed by atoms with Crippen LogP contribution in [0.4, 0.5) is 5.69 Å². The van der Waals surface area contributed by atoms with Gasteiger partial charge in [-0.1, -0.05) is 36.4 Å². The molecule has 0 fully saturated rings. The van der Waals surface area contributed by atoms with Gasteiger partial charge >= 0.3 is 0 Å². The third kappa shape index (κ3) is 3.83. The van der Waals surface area contributed by atoms with Crippen LogP contribution in [0, 0.1) is 28.4 Å². The van der Waals surface area contributed by atoms with Gasteiger partial charge in [-0.15, -0.1) is 0 Å². The van der Waals surface area contributed by atoms with Gasteiger partial charge in [-0.2, -0.15) is 5.26 Å². The highest BCUT2D eigenvalue weighted by atomic mass is 16.6. The van der Waals surface area contributed by atoms with Crippen LogP contribution in [0.2, 0.25) is 0 Å². The number of rotatable bonds is 5. The molecule has 0 N–H and O–H groups in total. The SMILES string of the molecule is Cc1ccccc1C(=O)/C(C#N)=C/c1ccc(-c2cccc([N+](=O)[O-])c2)o1. The monoisotopic (exact) mass is 358 g/mol. The second-order valence-electron chi connectivity index (χ2n) is 5.82. The lowest BCUT2D eigenvalue weighted by molar-refractivity contribution is -0.384. The largest absolute Gasteiger partial charge is 0.457 e. The number of non-ortho nitro benzene ring substituents is 1. The van der Waals surface area contributed by atoms with E-state index in [0.29, 0.717) is 22.6 Å². The van der Waals surface area contributed by atoms with Crippen LogP contribution in [0.3, 0.4) is 0 Å². The zero-order chi connectivity index (χ0) is 19.4. The predicted octanol–water partition coefficient (Wildman–Crippen LogP) is 4.95. The second-order valence-corrected chi connectivity index (χ2v) is 5.82. The lowest BCUT2D eigenvalue weighted by atomic mass is 9.99. The normalized spacial score (nSPS) is 11.0. The molecule has 0 radical (unpaired) electrons. The van der Waals surface area contributed by atoms with E-state index < -0.39 is 4.92 Å². The van der Waals surface area contributed by atoms with Crippen molar-refractivity contribution in [2.75, 3.05) is 0 Å². The maximum absolute atomic E-state index is 12.6. The zero-order valence-electron chi connectivity index (χ0n) is 14.4. The molecular weight excluding hydrogens is 344 g/mol. The summed E-state index contributed by atoms with van der Waals surface area (Å²) in [5.41, 5.74) is 1.67. The van der Waals surface area contributed by atoms with Crippen LogP contribution in [0.25, 0.3) is 17.4 Å². The molecular formula is C21H14N2O4. The van der Waals surface area contributed by atoms with Gasteiger partial charge in [-0.25, -0.2) is 0 Å². The topological polar surface area (TPSA) is 97.1 Å². The van der Waals surface area contributed by atoms with Crippen LogP contribution in [-0.4, -0.2) is 10.7 Å². The van der Waals surface area contributed by atoms with E-state index in [1.807, 2.05) is 12.1 Å². The van der Waals surface area contributed by atoms with Crippen molar-refractivity contribution in [2.45, 2.75) is 6.92 Å². The highest BCUT2D eigenvalue weighted by molar-refractivity contribution is 6.14. The second kappa shape index (κ2) is 7.50. The van der Waals surface area contributed by atoms with Crippen molar-refractivity contribution in [3.05, 3.63) is 93.2 Å². The summed E-state index contributed by atoms with van der Waals surface area (Å²) in [5, 5.41) is 20.3. The Bertz CT molecular complexity index is 1100. The van der Waals surface area contributed by atoms with Crippen LogP contribution < -0.4 is 0 Å². The molecule has 3 aromatic rings. The van der Waals surface area contributed by atoms with Crippen molar-refractivity contribution in [3.63, 3.8) is 0 Å². The molecule has 1 heterocycles. The minimum Gasteiger partial charge on any atom is -0.457 e. The summed E-state index contributed by atoms with van der Waals surface area (Å²) in [5.74, 6) is 0.337. The average Bonchev–Trinajstić information content (AvgIpc) is 3.15. The fraction of sp³-hybridized carbons (Fsp3) is 0.0476. The Labute approximate surface area is 155 Å². The molecule has 0 aliphatic rings. The van der Waals surface area contributed by atoms with Crippen molar-refractivity contribution >= 4 is 17.5 Å². The maximum Gasteiger partial charge on any atom is 0.270 e. The van der Waals surface area contributed by atoms with Crippen LogP contribution in [-0.2, 0) is 0 Å². The van der Waals surface area contributed by atoms with Gasteiger partial charge in [0.15, 0.2) is 0 Å². The molecule has 6 nitrogen and oxygen atoms in total. The highest BCUT2D eigenvalue weighted by Crippen LogP contribution is 2.27. The van der Waals surface area contributed by atoms with Gasteiger partial charge in [0.25, 0.3) is 5.69 Å². The van der Waals surface area contributed by atoms with Gasteiger partial charge < -0.3 is 4.42 Å². The molecule has 2 aromatic carbocycles. The van der Waals surface area contributed by atoms with Crippen molar-refractivity contribution in [1.29, 1.82) is 5.26 Å². The first-order valence-corrected chi connectivity index (χ1v) is 8.06. The Morgan fingerprint density at radius 1 is 1.15 bits per heavy atom. The molecule has 0 saturated carbocycles. The first-order chi connectivity index (χ1) is 13.0. The van der Waals surface area contributed by atoms with Crippen molar-refractivity contribution in [2.24, 2.45) is 0 Å². The summed E-state index contributed by atoms with van der Waals surface area (Å²) < 4.78 is 5.65. The third-order valence-electron chi connectivity index (χ3n) is 4.01. The van der Waals surface area contributed by atoms with Gasteiger partial charge in [0.2, 0.25) is 5.78 Å². The molecule has 1 aromatic heterocycles. The molecule has 0 atom stereocenters. The summed E-state index contributed by atoms with van der Waals surface area (Å²) in [6.45, 7) is 1.80. The Kier molecular flexibility index (Phi) is 4.95. The van der Waals surface area contributed by atoms with Gasteiger partial charge in [-0.3, -0.25) is 14.9 Å². The first-order valence-electron chi connectivity index (χ1n) is 8.06. The predicted molar refractivity (Wildman–Crippen MR) is 99.9 cm³/mol. The lowest BCUT2D eigenvalue weighted by Crippen LogP contribution is -2.03. The van der Waals surface area contributed by atoms with Crippen molar-refractivity contribution in [3.8, 4) is 17.4 Å². The van der Waals surface area contributed by atoms with Gasteiger partial charge in [0.05, 0.1) is 4.92 Å². The molecule has 0 unspecified atom stereocenters. The first kappa shape index (κ1) is 17.8. The molecule has 0 spiro atoms. The number of nitro benzene ring substituents is 1. The van der Waals surface area contributed by atoms with Crippen LogP contribution >= 0.6 is 0 Å². The molecule has 27 heavy (non-hydrogen) atoms. The molecule has 6 heteroatoms. The number of hydrogen-bond donors (Lipinski definition) is 0. The van der Waals surface area contributed by atoms with E-state index in [-0.39, 0.29) is 17.0 Å². The summed E-state index contributed by atoms with van der Waals surface area (Å²) in [4.78, 5) is 23.0. The van der Waals surface area contributed by atoms with E-state index in [1.54, 1.807) is 49.4 Å². The Balaban J connectivity index is 1.92. The van der Waals surface area contributed by atoms with Crippen molar-refractivity contribution in [1.82, 2.24) is 0 Å². The van der Waals surface area contributed by atoms with E-state index in [1.165, 1.54) is 18.2 Å². The van der Waals surface area contributed by atoms with Gasteiger partial charge in [-0.05, 0) is 24.6 Å². The molecule has 0 aliphatic carbocycles. The number of furan rings is 1. The van der Waals surface area contributed by atoms with Crippen molar-refractivity contribution < 1.29 is 14.1 Å². The number of nitrogens with zero attached hydrogens (tertiary/aromatic N) is 2. The number of carbonyl (C=O) groups excluding carboxylic acids is 1. The maximum atomic E-state index is 12.6. The van der Waals surface area contributed by atoms with E-state index in [4.69, 9.17) is 4.42 Å². The summed E-state index contributed by atoms with van der Waals surface area (Å²) in [7, 11) is 0. The number of hydrogen-bond acceptors (Lipinski definition) is 5. The number of ketones is 1. The van der Waals surface area contributed by atoms with E-state index >= 15 is 0 Å². The van der Waals surface area contributed by atoms with Gasteiger partial charge in [0.1, 0.15) is 23.2 Å². The smallest absolute Gasteiger partial charge is 0.270 e. The third-order valence-corrected chi connectivity index (χ3v) is 4.01. The van der Waals surface area contributed by atoms with E-state index in [0.717, 1.165) is 5.56 Å². The number of carbonyl (C=O) groups is 1. The van der Waals surface area contributed by atoms with Crippen LogP contribution in [0.1, 0.15) is 21.7 Å². The summed E-state index contributed by atoms with van der Waals surface area (Å²) in [6, 6.07) is 18.2. The fourth-order valence-electron chi connectivity index (χ4n) is 2.62. The average molecular weight is 358 g/mol. The molecule has 0 saturated heterocycles. The highest BCUT2D eigenvalue weighted by Gasteiger charge is 2.15. The Morgan fingerprint density at radius 2 is 1.93 bits per heavy atom. The molecule has 3 rings (SSSR count). The zero-order valence-corrected chi connectivity index (χ0v) is 14.4. The lowest BCUT2D eigenvalue weighted by Gasteiger charge is -2.02. The standard InChI is InChI=1S/C21H14N2O4/c1-14-5-2-3-8-19(14)21(24)16(13-22)12-18-9-10-20(27-18)15-6-4-7-17(11-15)23(25)26/h2-12H,1H3/b16-12+. The van der Waals surface area contributed by atoms with E-state index in [9.17, 15) is 20.2 Å². The minimum atomic E-state index is -0.484. The number of nitro groups is 1. The molecule has 0 amide bonds. The summed E-state index contributed by atoms with van der Waals surface area (Å²) >= 11 is 0. The van der Waals surface area contributed by atoms with Crippen LogP contribution in [0.15, 0.2) is 70.7 Å². The molecule has 132 valence electrons. The number of nitriles is 1.